The number of hydrogen-bond donors (Lipinski definition) is 3. The van der Waals surface area contributed by atoms with Crippen LogP contribution in [0.4, 0.5) is 10.5 Å². The average Bonchev–Trinajstić information content (AvgIpc) is 2.63. The molecule has 0 aliphatic carbocycles. The van der Waals surface area contributed by atoms with Gasteiger partial charge in [0.05, 0.1) is 23.9 Å². The van der Waals surface area contributed by atoms with Crippen LogP contribution in [0.5, 0.6) is 5.75 Å². The van der Waals surface area contributed by atoms with E-state index in [0.717, 1.165) is 5.56 Å². The number of carbonyl (C=O) groups is 2. The summed E-state index contributed by atoms with van der Waals surface area (Å²) in [5.74, 6) is 0.246. The van der Waals surface area contributed by atoms with E-state index in [-0.39, 0.29) is 11.9 Å². The maximum Gasteiger partial charge on any atom is 0.319 e. The molecule has 6 nitrogen and oxygen atoms in total. The molecule has 0 unspecified atom stereocenters. The molecule has 2 aromatic carbocycles. The van der Waals surface area contributed by atoms with Crippen molar-refractivity contribution >= 4 is 29.2 Å². The van der Waals surface area contributed by atoms with Crippen LogP contribution >= 0.6 is 11.6 Å². The van der Waals surface area contributed by atoms with Crippen LogP contribution in [0.3, 0.4) is 0 Å². The van der Waals surface area contributed by atoms with Crippen LogP contribution in [0.2, 0.25) is 5.02 Å². The molecule has 0 spiro atoms. The van der Waals surface area contributed by atoms with Crippen LogP contribution in [-0.4, -0.2) is 18.5 Å². The Morgan fingerprint density at radius 1 is 1.22 bits per heavy atom. The van der Waals surface area contributed by atoms with E-state index in [1.54, 1.807) is 37.3 Å². The Morgan fingerprint density at radius 3 is 2.74 bits per heavy atom. The predicted molar refractivity (Wildman–Crippen MR) is 105 cm³/mol. The lowest BCUT2D eigenvalue weighted by Crippen LogP contribution is -2.46. The van der Waals surface area contributed by atoms with Gasteiger partial charge in [0.25, 0.3) is 5.91 Å². The Labute approximate surface area is 162 Å². The number of rotatable bonds is 5. The van der Waals surface area contributed by atoms with E-state index in [0.29, 0.717) is 34.3 Å². The SMILES string of the molecule is CCOc1ccccc1NC(=O)C1=C(C)NC(=O)N[C@@H]1c1cccc(Cl)c1. The van der Waals surface area contributed by atoms with Crippen molar-refractivity contribution in [3.05, 3.63) is 70.4 Å². The van der Waals surface area contributed by atoms with Crippen molar-refractivity contribution < 1.29 is 14.3 Å². The van der Waals surface area contributed by atoms with Gasteiger partial charge in [-0.3, -0.25) is 4.79 Å². The fourth-order valence-electron chi connectivity index (χ4n) is 2.97. The Kier molecular flexibility index (Phi) is 5.66. The van der Waals surface area contributed by atoms with Gasteiger partial charge in [0.15, 0.2) is 0 Å². The number of halogens is 1. The molecular formula is C20H20ClN3O3. The molecule has 3 N–H and O–H groups in total. The van der Waals surface area contributed by atoms with E-state index < -0.39 is 6.04 Å². The molecule has 0 fully saturated rings. The van der Waals surface area contributed by atoms with Crippen molar-refractivity contribution in [3.63, 3.8) is 0 Å². The minimum atomic E-state index is -0.614. The fraction of sp³-hybridized carbons (Fsp3) is 0.200. The predicted octanol–water partition coefficient (Wildman–Crippen LogP) is 4.01. The first-order chi connectivity index (χ1) is 13.0. The molecular weight excluding hydrogens is 366 g/mol. The van der Waals surface area contributed by atoms with Crippen molar-refractivity contribution in [2.24, 2.45) is 0 Å². The van der Waals surface area contributed by atoms with E-state index in [1.165, 1.54) is 0 Å². The molecule has 140 valence electrons. The van der Waals surface area contributed by atoms with Gasteiger partial charge in [-0.15, -0.1) is 0 Å². The van der Waals surface area contributed by atoms with Crippen LogP contribution in [0.15, 0.2) is 59.8 Å². The van der Waals surface area contributed by atoms with Crippen LogP contribution in [0.1, 0.15) is 25.5 Å². The number of anilines is 1. The minimum Gasteiger partial charge on any atom is -0.492 e. The molecule has 3 rings (SSSR count). The maximum atomic E-state index is 13.1. The van der Waals surface area contributed by atoms with Gasteiger partial charge < -0.3 is 20.7 Å². The molecule has 0 saturated carbocycles. The highest BCUT2D eigenvalue weighted by Gasteiger charge is 2.31. The number of nitrogens with one attached hydrogen (secondary N) is 3. The second-order valence-electron chi connectivity index (χ2n) is 6.01. The normalized spacial score (nSPS) is 16.4. The Bertz CT molecular complexity index is 911. The first-order valence-corrected chi connectivity index (χ1v) is 8.94. The molecule has 0 saturated heterocycles. The molecule has 0 radical (unpaired) electrons. The molecule has 1 aliphatic rings. The number of hydrogen-bond acceptors (Lipinski definition) is 3. The van der Waals surface area contributed by atoms with E-state index in [9.17, 15) is 9.59 Å². The second kappa shape index (κ2) is 8.14. The van der Waals surface area contributed by atoms with Gasteiger partial charge in [0.1, 0.15) is 5.75 Å². The van der Waals surface area contributed by atoms with E-state index in [1.807, 2.05) is 25.1 Å². The van der Waals surface area contributed by atoms with Gasteiger partial charge in [0, 0.05) is 10.7 Å². The van der Waals surface area contributed by atoms with Crippen LogP contribution in [0, 0.1) is 0 Å². The molecule has 0 bridgehead atoms. The Morgan fingerprint density at radius 2 is 2.00 bits per heavy atom. The first kappa shape index (κ1) is 18.8. The number of allylic oxidation sites excluding steroid dienone is 1. The van der Waals surface area contributed by atoms with Gasteiger partial charge in [-0.25, -0.2) is 4.79 Å². The summed E-state index contributed by atoms with van der Waals surface area (Å²) in [5, 5.41) is 8.85. The summed E-state index contributed by atoms with van der Waals surface area (Å²) in [5.41, 5.74) is 2.17. The third-order valence-electron chi connectivity index (χ3n) is 4.13. The zero-order valence-corrected chi connectivity index (χ0v) is 15.8. The van der Waals surface area contributed by atoms with Crippen molar-refractivity contribution in [2.75, 3.05) is 11.9 Å². The molecule has 1 heterocycles. The van der Waals surface area contributed by atoms with Crippen molar-refractivity contribution in [2.45, 2.75) is 19.9 Å². The molecule has 27 heavy (non-hydrogen) atoms. The van der Waals surface area contributed by atoms with E-state index in [2.05, 4.69) is 16.0 Å². The zero-order chi connectivity index (χ0) is 19.4. The summed E-state index contributed by atoms with van der Waals surface area (Å²) in [4.78, 5) is 25.0. The third-order valence-corrected chi connectivity index (χ3v) is 4.37. The minimum absolute atomic E-state index is 0.336. The van der Waals surface area contributed by atoms with Crippen LogP contribution in [0.25, 0.3) is 0 Å². The summed E-state index contributed by atoms with van der Waals surface area (Å²) in [6, 6.07) is 13.3. The fourth-order valence-corrected chi connectivity index (χ4v) is 3.17. The molecule has 1 atom stereocenters. The summed E-state index contributed by atoms with van der Waals surface area (Å²) in [7, 11) is 0. The zero-order valence-electron chi connectivity index (χ0n) is 15.0. The molecule has 7 heteroatoms. The molecule has 3 amide bonds. The highest BCUT2D eigenvalue weighted by atomic mass is 35.5. The average molecular weight is 386 g/mol. The number of amides is 3. The van der Waals surface area contributed by atoms with Crippen LogP contribution < -0.4 is 20.7 Å². The summed E-state index contributed by atoms with van der Waals surface area (Å²) < 4.78 is 5.56. The number of ether oxygens (including phenoxy) is 1. The molecule has 1 aliphatic heterocycles. The highest BCUT2D eigenvalue weighted by Crippen LogP contribution is 2.31. The third kappa shape index (κ3) is 4.23. The van der Waals surface area contributed by atoms with Gasteiger partial charge in [-0.1, -0.05) is 35.9 Å². The Balaban J connectivity index is 1.95. The Hall–Kier alpha value is -2.99. The molecule has 2 aromatic rings. The number of carbonyl (C=O) groups excluding carboxylic acids is 2. The summed E-state index contributed by atoms with van der Waals surface area (Å²) in [6.07, 6.45) is 0. The van der Waals surface area contributed by atoms with E-state index in [4.69, 9.17) is 16.3 Å². The van der Waals surface area contributed by atoms with Gasteiger partial charge in [-0.05, 0) is 43.7 Å². The maximum absolute atomic E-state index is 13.1. The van der Waals surface area contributed by atoms with E-state index >= 15 is 0 Å². The smallest absolute Gasteiger partial charge is 0.319 e. The number of urea groups is 1. The summed E-state index contributed by atoms with van der Waals surface area (Å²) >= 11 is 6.09. The number of para-hydroxylation sites is 2. The lowest BCUT2D eigenvalue weighted by Gasteiger charge is -2.29. The van der Waals surface area contributed by atoms with Gasteiger partial charge in [0.2, 0.25) is 0 Å². The van der Waals surface area contributed by atoms with Crippen molar-refractivity contribution in [3.8, 4) is 5.75 Å². The summed E-state index contributed by atoms with van der Waals surface area (Å²) in [6.45, 7) is 4.05. The van der Waals surface area contributed by atoms with Gasteiger partial charge >= 0.3 is 6.03 Å². The highest BCUT2D eigenvalue weighted by molar-refractivity contribution is 6.30. The standard InChI is InChI=1S/C20H20ClN3O3/c1-3-27-16-10-5-4-9-15(16)23-19(25)17-12(2)22-20(26)24-18(17)13-7-6-8-14(21)11-13/h4-11,18H,3H2,1-2H3,(H,23,25)(H2,22,24,26)/t18-/m1/s1. The number of benzene rings is 2. The van der Waals surface area contributed by atoms with Crippen molar-refractivity contribution in [1.82, 2.24) is 10.6 Å². The lowest BCUT2D eigenvalue weighted by molar-refractivity contribution is -0.113. The lowest BCUT2D eigenvalue weighted by atomic mass is 9.95. The largest absolute Gasteiger partial charge is 0.492 e. The van der Waals surface area contributed by atoms with Crippen LogP contribution in [-0.2, 0) is 4.79 Å². The second-order valence-corrected chi connectivity index (χ2v) is 6.44. The quantitative estimate of drug-likeness (QED) is 0.727. The van der Waals surface area contributed by atoms with Crippen molar-refractivity contribution in [1.29, 1.82) is 0 Å². The van der Waals surface area contributed by atoms with Gasteiger partial charge in [-0.2, -0.15) is 0 Å². The first-order valence-electron chi connectivity index (χ1n) is 8.56. The topological polar surface area (TPSA) is 79.5 Å². The molecule has 0 aromatic heterocycles. The monoisotopic (exact) mass is 385 g/mol.